The van der Waals surface area contributed by atoms with Crippen molar-refractivity contribution >= 4 is 12.1 Å². The van der Waals surface area contributed by atoms with E-state index in [0.29, 0.717) is 25.1 Å². The monoisotopic (exact) mass is 428 g/mol. The van der Waals surface area contributed by atoms with Crippen LogP contribution in [0.4, 0.5) is 9.59 Å². The Bertz CT molecular complexity index is 778. The predicted octanol–water partition coefficient (Wildman–Crippen LogP) is 3.61. The highest BCUT2D eigenvalue weighted by Crippen LogP contribution is 2.43. The Kier molecular flexibility index (Phi) is 7.00. The lowest BCUT2D eigenvalue weighted by Crippen LogP contribution is -2.46. The Morgan fingerprint density at radius 1 is 1.06 bits per heavy atom. The number of ether oxygens (including phenoxy) is 1. The van der Waals surface area contributed by atoms with E-state index in [-0.39, 0.29) is 18.2 Å². The third kappa shape index (κ3) is 4.66. The van der Waals surface area contributed by atoms with Gasteiger partial charge >= 0.3 is 12.1 Å². The van der Waals surface area contributed by atoms with Crippen LogP contribution in [0.2, 0.25) is 0 Å². The van der Waals surface area contributed by atoms with Crippen LogP contribution in [0.25, 0.3) is 0 Å². The molecule has 3 amide bonds. The fourth-order valence-corrected chi connectivity index (χ4v) is 5.71. The molecule has 2 saturated heterocycles. The smallest absolute Gasteiger partial charge is 0.409 e. The molecule has 2 fully saturated rings. The van der Waals surface area contributed by atoms with E-state index in [1.165, 1.54) is 11.1 Å². The molecule has 0 radical (unpaired) electrons. The standard InChI is InChI=1S/C24H36N4O3/c1-3-31-24(30)27-13-6-8-20(12-16-27)26-14-10-18(11-15-26)22-21-9-5-4-7-19(21)17-28(22)23(29)25-2/h4-5,7,9,18,20,22H,3,6,8,10-17H2,1-2H3,(H,25,29). The Labute approximate surface area is 185 Å². The first-order chi connectivity index (χ1) is 15.1. The van der Waals surface area contributed by atoms with Gasteiger partial charge in [0.1, 0.15) is 0 Å². The summed E-state index contributed by atoms with van der Waals surface area (Å²) in [7, 11) is 1.72. The SMILES string of the molecule is CCOC(=O)N1CCCC(N2CCC(C3c4ccccc4CN3C(=O)NC)CC2)CC1. The summed E-state index contributed by atoms with van der Waals surface area (Å²) >= 11 is 0. The summed E-state index contributed by atoms with van der Waals surface area (Å²) in [5.41, 5.74) is 2.60. The molecule has 31 heavy (non-hydrogen) atoms. The number of hydrogen-bond donors (Lipinski definition) is 1. The normalized spacial score (nSPS) is 25.1. The molecule has 1 aromatic carbocycles. The second-order valence-corrected chi connectivity index (χ2v) is 8.97. The molecule has 0 aliphatic carbocycles. The molecule has 7 nitrogen and oxygen atoms in total. The molecule has 7 heteroatoms. The number of nitrogens with one attached hydrogen (secondary N) is 1. The van der Waals surface area contributed by atoms with E-state index in [4.69, 9.17) is 4.74 Å². The number of carbonyl (C=O) groups excluding carboxylic acids is 2. The van der Waals surface area contributed by atoms with Gasteiger partial charge in [0.05, 0.1) is 12.6 Å². The molecular formula is C24H36N4O3. The van der Waals surface area contributed by atoms with Gasteiger partial charge in [0.25, 0.3) is 0 Å². The molecule has 0 spiro atoms. The van der Waals surface area contributed by atoms with Gasteiger partial charge in [-0.05, 0) is 69.2 Å². The van der Waals surface area contributed by atoms with Gasteiger partial charge in [-0.1, -0.05) is 24.3 Å². The van der Waals surface area contributed by atoms with E-state index in [1.807, 2.05) is 16.7 Å². The zero-order valence-electron chi connectivity index (χ0n) is 18.9. The first-order valence-corrected chi connectivity index (χ1v) is 11.8. The van der Waals surface area contributed by atoms with Gasteiger partial charge in [-0.25, -0.2) is 9.59 Å². The van der Waals surface area contributed by atoms with Crippen molar-refractivity contribution in [2.24, 2.45) is 5.92 Å². The number of fused-ring (bicyclic) bond motifs is 1. The molecule has 1 N–H and O–H groups in total. The molecule has 2 atom stereocenters. The van der Waals surface area contributed by atoms with Crippen LogP contribution >= 0.6 is 0 Å². The van der Waals surface area contributed by atoms with E-state index in [0.717, 1.165) is 58.3 Å². The lowest BCUT2D eigenvalue weighted by molar-refractivity contribution is 0.0794. The first kappa shape index (κ1) is 21.9. The van der Waals surface area contributed by atoms with Gasteiger partial charge in [0, 0.05) is 32.7 Å². The largest absolute Gasteiger partial charge is 0.450 e. The molecule has 2 unspecified atom stereocenters. The molecule has 1 aromatic rings. The molecule has 3 aliphatic heterocycles. The van der Waals surface area contributed by atoms with Crippen molar-refractivity contribution in [2.75, 3.05) is 39.8 Å². The number of carbonyl (C=O) groups is 2. The van der Waals surface area contributed by atoms with E-state index in [2.05, 4.69) is 34.5 Å². The van der Waals surface area contributed by atoms with Gasteiger partial charge in [0.15, 0.2) is 0 Å². The maximum absolute atomic E-state index is 12.6. The summed E-state index contributed by atoms with van der Waals surface area (Å²) in [5.74, 6) is 0.485. The van der Waals surface area contributed by atoms with Crippen LogP contribution in [0, 0.1) is 5.92 Å². The maximum atomic E-state index is 12.6. The number of piperidine rings is 1. The summed E-state index contributed by atoms with van der Waals surface area (Å²) < 4.78 is 5.19. The number of rotatable bonds is 3. The van der Waals surface area contributed by atoms with Crippen LogP contribution in [0.15, 0.2) is 24.3 Å². The Hall–Kier alpha value is -2.28. The fourth-order valence-electron chi connectivity index (χ4n) is 5.71. The number of nitrogens with zero attached hydrogens (tertiary/aromatic N) is 3. The average Bonchev–Trinajstić information content (AvgIpc) is 3.01. The van der Waals surface area contributed by atoms with Crippen molar-refractivity contribution in [2.45, 2.75) is 57.7 Å². The van der Waals surface area contributed by atoms with Gasteiger partial charge in [-0.2, -0.15) is 0 Å². The van der Waals surface area contributed by atoms with Gasteiger partial charge < -0.3 is 24.8 Å². The number of hydrogen-bond acceptors (Lipinski definition) is 4. The number of likely N-dealkylation sites (tertiary alicyclic amines) is 2. The van der Waals surface area contributed by atoms with E-state index in [9.17, 15) is 9.59 Å². The third-order valence-corrected chi connectivity index (χ3v) is 7.29. The van der Waals surface area contributed by atoms with Crippen molar-refractivity contribution in [3.63, 3.8) is 0 Å². The number of benzene rings is 1. The van der Waals surface area contributed by atoms with Crippen LogP contribution < -0.4 is 5.32 Å². The Morgan fingerprint density at radius 3 is 2.58 bits per heavy atom. The summed E-state index contributed by atoms with van der Waals surface area (Å²) in [6.07, 6.45) is 5.21. The van der Waals surface area contributed by atoms with E-state index >= 15 is 0 Å². The fraction of sp³-hybridized carbons (Fsp3) is 0.667. The Balaban J connectivity index is 1.37. The predicted molar refractivity (Wildman–Crippen MR) is 120 cm³/mol. The number of amides is 3. The molecule has 3 aliphatic rings. The molecule has 0 aromatic heterocycles. The van der Waals surface area contributed by atoms with Crippen molar-refractivity contribution in [1.29, 1.82) is 0 Å². The van der Waals surface area contributed by atoms with Crippen LogP contribution in [-0.4, -0.2) is 72.7 Å². The molecule has 3 heterocycles. The summed E-state index contributed by atoms with van der Waals surface area (Å²) in [6, 6.07) is 9.24. The second kappa shape index (κ2) is 9.90. The highest BCUT2D eigenvalue weighted by molar-refractivity contribution is 5.75. The average molecular weight is 429 g/mol. The second-order valence-electron chi connectivity index (χ2n) is 8.97. The zero-order valence-corrected chi connectivity index (χ0v) is 18.9. The van der Waals surface area contributed by atoms with Gasteiger partial charge in [-0.15, -0.1) is 0 Å². The van der Waals surface area contributed by atoms with Crippen LogP contribution in [0.1, 0.15) is 56.2 Å². The van der Waals surface area contributed by atoms with Crippen LogP contribution in [-0.2, 0) is 11.3 Å². The van der Waals surface area contributed by atoms with Crippen LogP contribution in [0.3, 0.4) is 0 Å². The topological polar surface area (TPSA) is 65.1 Å². The zero-order chi connectivity index (χ0) is 21.8. The summed E-state index contributed by atoms with van der Waals surface area (Å²) in [5, 5.41) is 2.83. The maximum Gasteiger partial charge on any atom is 0.409 e. The van der Waals surface area contributed by atoms with E-state index in [1.54, 1.807) is 7.05 Å². The van der Waals surface area contributed by atoms with E-state index < -0.39 is 0 Å². The third-order valence-electron chi connectivity index (χ3n) is 7.29. The minimum Gasteiger partial charge on any atom is -0.450 e. The highest BCUT2D eigenvalue weighted by atomic mass is 16.6. The molecule has 4 rings (SSSR count). The van der Waals surface area contributed by atoms with Gasteiger partial charge in [-0.3, -0.25) is 0 Å². The molecule has 0 saturated carbocycles. The van der Waals surface area contributed by atoms with Crippen molar-refractivity contribution in [3.05, 3.63) is 35.4 Å². The lowest BCUT2D eigenvalue weighted by atomic mass is 9.84. The van der Waals surface area contributed by atoms with Crippen molar-refractivity contribution < 1.29 is 14.3 Å². The highest BCUT2D eigenvalue weighted by Gasteiger charge is 2.40. The molecular weight excluding hydrogens is 392 g/mol. The minimum absolute atomic E-state index is 0.0199. The summed E-state index contributed by atoms with van der Waals surface area (Å²) in [4.78, 5) is 31.2. The lowest BCUT2D eigenvalue weighted by Gasteiger charge is -2.41. The van der Waals surface area contributed by atoms with Crippen molar-refractivity contribution in [3.8, 4) is 0 Å². The summed E-state index contributed by atoms with van der Waals surface area (Å²) in [6.45, 7) is 6.70. The first-order valence-electron chi connectivity index (χ1n) is 11.8. The molecule has 0 bridgehead atoms. The molecule has 170 valence electrons. The minimum atomic E-state index is -0.170. The van der Waals surface area contributed by atoms with Gasteiger partial charge in [0.2, 0.25) is 0 Å². The Morgan fingerprint density at radius 2 is 1.84 bits per heavy atom. The quantitative estimate of drug-likeness (QED) is 0.799. The number of urea groups is 1. The van der Waals surface area contributed by atoms with Crippen LogP contribution in [0.5, 0.6) is 0 Å². The van der Waals surface area contributed by atoms with Crippen molar-refractivity contribution in [1.82, 2.24) is 20.0 Å².